The maximum Gasteiger partial charge on any atom is 0.187 e. The Morgan fingerprint density at radius 1 is 0.761 bits per heavy atom. The number of hydrogen-bond donors (Lipinski definition) is 1. The molecule has 5 heteroatoms. The molecule has 230 valence electrons. The van der Waals surface area contributed by atoms with Crippen LogP contribution in [0.25, 0.3) is 16.8 Å². The second kappa shape index (κ2) is 12.2. The summed E-state index contributed by atoms with van der Waals surface area (Å²) in [6.07, 6.45) is 4.33. The van der Waals surface area contributed by atoms with Crippen LogP contribution in [-0.2, 0) is 11.2 Å². The first kappa shape index (κ1) is 29.8. The third kappa shape index (κ3) is 4.97. The minimum absolute atomic E-state index is 0.781. The van der Waals surface area contributed by atoms with Crippen molar-refractivity contribution in [3.8, 4) is 11.5 Å². The first-order chi connectivity index (χ1) is 22.5. The number of hydrogen-bond acceptors (Lipinski definition) is 5. The Morgan fingerprint density at radius 2 is 1.46 bits per heavy atom. The molecule has 1 N–H and O–H groups in total. The van der Waals surface area contributed by atoms with Crippen LogP contribution in [-0.4, -0.2) is 25.3 Å². The molecular formula is C41H37NO3S. The van der Waals surface area contributed by atoms with Crippen LogP contribution in [0.3, 0.4) is 0 Å². The van der Waals surface area contributed by atoms with E-state index >= 15 is 0 Å². The predicted molar refractivity (Wildman–Crippen MR) is 190 cm³/mol. The molecule has 2 heterocycles. The second-order valence-electron chi connectivity index (χ2n) is 11.6. The van der Waals surface area contributed by atoms with E-state index in [9.17, 15) is 5.11 Å². The highest BCUT2D eigenvalue weighted by Crippen LogP contribution is 2.49. The number of benzene rings is 5. The van der Waals surface area contributed by atoms with E-state index in [4.69, 9.17) is 9.47 Å². The number of aliphatic hydroxyl groups is 1. The van der Waals surface area contributed by atoms with E-state index in [0.717, 1.165) is 67.7 Å². The Balaban J connectivity index is 1.38. The number of fused-ring (bicyclic) bond motifs is 3. The van der Waals surface area contributed by atoms with Crippen molar-refractivity contribution in [2.24, 2.45) is 0 Å². The minimum Gasteiger partial charge on any atom is -0.497 e. The molecular weight excluding hydrogens is 587 g/mol. The molecule has 2 unspecified atom stereocenters. The Morgan fingerprint density at radius 3 is 2.17 bits per heavy atom. The molecule has 6 aromatic rings. The molecule has 0 bridgehead atoms. The van der Waals surface area contributed by atoms with Crippen molar-refractivity contribution in [1.82, 2.24) is 0 Å². The quantitative estimate of drug-likeness (QED) is 0.174. The normalized spacial score (nSPS) is 16.8. The van der Waals surface area contributed by atoms with E-state index in [1.54, 1.807) is 18.4 Å². The predicted octanol–water partition coefficient (Wildman–Crippen LogP) is 9.39. The van der Waals surface area contributed by atoms with E-state index in [0.29, 0.717) is 0 Å². The van der Waals surface area contributed by atoms with Crippen LogP contribution in [0.15, 0.2) is 133 Å². The van der Waals surface area contributed by atoms with Crippen LogP contribution >= 0.6 is 11.3 Å². The molecule has 0 saturated carbocycles. The number of nitrogens with zero attached hydrogens (tertiary/aromatic N) is 1. The van der Waals surface area contributed by atoms with E-state index in [2.05, 4.69) is 110 Å². The summed E-state index contributed by atoms with van der Waals surface area (Å²) in [6, 6.07) is 43.0. The number of anilines is 1. The van der Waals surface area contributed by atoms with Crippen LogP contribution in [0.1, 0.15) is 45.9 Å². The maximum absolute atomic E-state index is 12.8. The lowest BCUT2D eigenvalue weighted by Crippen LogP contribution is -2.33. The standard InChI is InChI=1S/C41H37NO3S/c1-4-42(5-2)33-20-16-32(17-21-33)41(43,31-12-7-6-8-13-31)39-26-25-38(46-39)40(30-18-22-34(44-3)23-19-30)28-27-36-35-14-10-9-11-29(35)15-24-37(36)45-40/h6-28,43H,4-5H2,1-3H3. The lowest BCUT2D eigenvalue weighted by Gasteiger charge is -2.35. The third-order valence-electron chi connectivity index (χ3n) is 9.14. The Labute approximate surface area is 274 Å². The first-order valence-electron chi connectivity index (χ1n) is 15.8. The summed E-state index contributed by atoms with van der Waals surface area (Å²) in [4.78, 5) is 4.09. The topological polar surface area (TPSA) is 41.9 Å². The van der Waals surface area contributed by atoms with Crippen LogP contribution in [0, 0.1) is 0 Å². The van der Waals surface area contributed by atoms with Crippen molar-refractivity contribution < 1.29 is 14.6 Å². The van der Waals surface area contributed by atoms with Crippen LogP contribution in [0.2, 0.25) is 0 Å². The molecule has 0 aliphatic carbocycles. The van der Waals surface area contributed by atoms with Gasteiger partial charge in [0.25, 0.3) is 0 Å². The van der Waals surface area contributed by atoms with Crippen LogP contribution in [0.4, 0.5) is 5.69 Å². The van der Waals surface area contributed by atoms with Gasteiger partial charge in [-0.15, -0.1) is 11.3 Å². The fourth-order valence-corrected chi connectivity index (χ4v) is 7.85. The monoisotopic (exact) mass is 623 g/mol. The Kier molecular flexibility index (Phi) is 7.89. The summed E-state index contributed by atoms with van der Waals surface area (Å²) in [5.41, 5.74) is 2.54. The Hall–Kier alpha value is -4.84. The average Bonchev–Trinajstić information content (AvgIpc) is 3.64. The highest BCUT2D eigenvalue weighted by Gasteiger charge is 2.42. The van der Waals surface area contributed by atoms with Crippen molar-refractivity contribution in [2.45, 2.75) is 25.0 Å². The van der Waals surface area contributed by atoms with Gasteiger partial charge in [0.2, 0.25) is 0 Å². The molecule has 0 radical (unpaired) electrons. The number of methoxy groups -OCH3 is 1. The molecule has 1 aliphatic heterocycles. The molecule has 1 aromatic heterocycles. The fourth-order valence-electron chi connectivity index (χ4n) is 6.58. The van der Waals surface area contributed by atoms with Gasteiger partial charge in [-0.3, -0.25) is 0 Å². The van der Waals surface area contributed by atoms with Gasteiger partial charge in [0.05, 0.1) is 12.0 Å². The summed E-state index contributed by atoms with van der Waals surface area (Å²) in [5, 5.41) is 15.1. The summed E-state index contributed by atoms with van der Waals surface area (Å²) >= 11 is 1.57. The Bertz CT molecular complexity index is 1990. The van der Waals surface area contributed by atoms with Crippen molar-refractivity contribution in [3.05, 3.63) is 165 Å². The molecule has 2 atom stereocenters. The van der Waals surface area contributed by atoms with Gasteiger partial charge in [-0.25, -0.2) is 0 Å². The summed E-state index contributed by atoms with van der Waals surface area (Å²) in [6.45, 7) is 6.17. The van der Waals surface area contributed by atoms with Gasteiger partial charge >= 0.3 is 0 Å². The van der Waals surface area contributed by atoms with Gasteiger partial charge in [0.15, 0.2) is 5.60 Å². The highest BCUT2D eigenvalue weighted by atomic mass is 32.1. The van der Waals surface area contributed by atoms with Crippen LogP contribution < -0.4 is 14.4 Å². The molecule has 46 heavy (non-hydrogen) atoms. The van der Waals surface area contributed by atoms with Gasteiger partial charge in [0.1, 0.15) is 17.1 Å². The molecule has 0 saturated heterocycles. The average molecular weight is 624 g/mol. The lowest BCUT2D eigenvalue weighted by atomic mass is 9.84. The largest absolute Gasteiger partial charge is 0.497 e. The first-order valence-corrected chi connectivity index (χ1v) is 16.6. The molecule has 4 nitrogen and oxygen atoms in total. The zero-order valence-electron chi connectivity index (χ0n) is 26.3. The van der Waals surface area contributed by atoms with Crippen molar-refractivity contribution in [2.75, 3.05) is 25.1 Å². The number of ether oxygens (including phenoxy) is 2. The molecule has 0 fully saturated rings. The van der Waals surface area contributed by atoms with E-state index in [-0.39, 0.29) is 0 Å². The van der Waals surface area contributed by atoms with Crippen molar-refractivity contribution in [1.29, 1.82) is 0 Å². The SMILES string of the molecule is CCN(CC)c1ccc(C(O)(c2ccccc2)c2ccc(C3(c4ccc(OC)cc4)C=Cc4c(ccc5ccccc45)O3)s2)cc1. The number of thiophene rings is 1. The zero-order valence-corrected chi connectivity index (χ0v) is 27.1. The third-order valence-corrected chi connectivity index (χ3v) is 10.4. The molecule has 1 aliphatic rings. The summed E-state index contributed by atoms with van der Waals surface area (Å²) in [7, 11) is 1.67. The minimum atomic E-state index is -1.36. The van der Waals surface area contributed by atoms with Gasteiger partial charge in [-0.05, 0) is 90.4 Å². The fraction of sp³-hybridized carbons (Fsp3) is 0.171. The highest BCUT2D eigenvalue weighted by molar-refractivity contribution is 7.12. The van der Waals surface area contributed by atoms with Crippen molar-refractivity contribution >= 4 is 33.9 Å². The maximum atomic E-state index is 12.8. The molecule has 0 amide bonds. The lowest BCUT2D eigenvalue weighted by molar-refractivity contribution is 0.129. The molecule has 5 aromatic carbocycles. The van der Waals surface area contributed by atoms with E-state index < -0.39 is 11.2 Å². The molecule has 0 spiro atoms. The van der Waals surface area contributed by atoms with Gasteiger partial charge in [-0.2, -0.15) is 0 Å². The number of rotatable bonds is 9. The van der Waals surface area contributed by atoms with E-state index in [1.165, 1.54) is 5.39 Å². The van der Waals surface area contributed by atoms with Crippen molar-refractivity contribution in [3.63, 3.8) is 0 Å². The van der Waals surface area contributed by atoms with Gasteiger partial charge in [-0.1, -0.05) is 84.9 Å². The molecule has 7 rings (SSSR count). The second-order valence-corrected chi connectivity index (χ2v) is 12.6. The van der Waals surface area contributed by atoms with Crippen LogP contribution in [0.5, 0.6) is 11.5 Å². The smallest absolute Gasteiger partial charge is 0.187 e. The van der Waals surface area contributed by atoms with E-state index in [1.807, 2.05) is 48.5 Å². The van der Waals surface area contributed by atoms with Gasteiger partial charge in [0, 0.05) is 34.8 Å². The summed E-state index contributed by atoms with van der Waals surface area (Å²) < 4.78 is 12.6. The zero-order chi connectivity index (χ0) is 31.7. The summed E-state index contributed by atoms with van der Waals surface area (Å²) in [5.74, 6) is 1.60. The van der Waals surface area contributed by atoms with Gasteiger partial charge < -0.3 is 19.5 Å².